The lowest BCUT2D eigenvalue weighted by atomic mass is 9.51. The minimum absolute atomic E-state index is 0.0188. The number of Topliss-reactive ketones (excluding diaryl/α,β-unsaturated/α-hetero) is 1. The maximum absolute atomic E-state index is 15.7. The van der Waals surface area contributed by atoms with Crippen LogP contribution in [0.2, 0.25) is 0 Å². The van der Waals surface area contributed by atoms with E-state index in [0.29, 0.717) is 17.0 Å². The van der Waals surface area contributed by atoms with Gasteiger partial charge in [-0.25, -0.2) is 19.2 Å². The van der Waals surface area contributed by atoms with Crippen molar-refractivity contribution in [3.63, 3.8) is 0 Å². The van der Waals surface area contributed by atoms with Crippen molar-refractivity contribution < 1.29 is 90.7 Å². The van der Waals surface area contributed by atoms with E-state index in [1.165, 1.54) is 6.92 Å². The van der Waals surface area contributed by atoms with Crippen molar-refractivity contribution in [2.45, 2.75) is 153 Å². The smallest absolute Gasteiger partial charge is 0.458 e. The third kappa shape index (κ3) is 10.6. The Kier molecular flexibility index (Phi) is 15.6. The van der Waals surface area contributed by atoms with Gasteiger partial charge < -0.3 is 48.0 Å². The van der Waals surface area contributed by atoms with Crippen molar-refractivity contribution >= 4 is 59.5 Å². The number of imide groups is 1. The summed E-state index contributed by atoms with van der Waals surface area (Å²) in [6.45, 7) is 8.96. The molecule has 3 amide bonds. The molecule has 10 rings (SSSR count). The standard InChI is InChI=1S/C61H64N2O19/c1-33-41(30-40-48(78-54(70)38-22-14-9-15-23-38)51-60(80-35(3)65)32-74-42(60)31-43-61(51,81-43)52(68)49(75-34(2)64)46(33)58(40,4)5)77-55(71)50(47(36-18-10-7-11-19-36)62-53(69)37-20-12-8-13-21-37)79-57(73)76-39-24-16-17-28-59(6,29-27-39)56(72)82-63-44(66)25-26-45(63)67/h7-16,18-24,39-43,47-51H,17,25-32H2,1-6H3,(H,62,69)/b24-16+/t39-,40-,41-,42+,43-,47-,48+,49+,50+,51+,59+,60-,61-/m0/s1. The Labute approximate surface area is 472 Å². The molecule has 3 heterocycles. The maximum Gasteiger partial charge on any atom is 0.509 e. The number of hydrogen-bond donors (Lipinski definition) is 1. The van der Waals surface area contributed by atoms with Gasteiger partial charge in [-0.05, 0) is 98.4 Å². The van der Waals surface area contributed by atoms with Gasteiger partial charge in [-0.3, -0.25) is 28.8 Å². The molecule has 0 aromatic heterocycles. The second-order valence-corrected chi connectivity index (χ2v) is 22.8. The summed E-state index contributed by atoms with van der Waals surface area (Å²) >= 11 is 0. The molecule has 21 nitrogen and oxygen atoms in total. The van der Waals surface area contributed by atoms with Gasteiger partial charge in [0.2, 0.25) is 11.9 Å². The highest BCUT2D eigenvalue weighted by Gasteiger charge is 2.84. The van der Waals surface area contributed by atoms with E-state index in [-0.39, 0.29) is 73.8 Å². The molecule has 7 aliphatic rings. The SMILES string of the molecule is CC(=O)O[C@H]1C(=O)[C@]23O[C@H]2C[C@H]2OC[C@@]2(OC(C)=O)[C@H]3[C@H](OC(=O)c2ccccc2)[C@@H]2C[C@H](OC(=O)[C@H](OC(=O)O[C@H]3/C=C/CC[C@@](C)(C(=O)ON4C(=O)CCC4=O)CC3)[C@@H](NC(=O)c3ccccc3)c3ccccc3)C(C)=C1C2(C)C. The fourth-order valence-electron chi connectivity index (χ4n) is 13.1. The summed E-state index contributed by atoms with van der Waals surface area (Å²) in [5.41, 5.74) is -4.75. The normalized spacial score (nSPS) is 31.6. The van der Waals surface area contributed by atoms with Crippen LogP contribution < -0.4 is 5.32 Å². The number of nitrogens with zero attached hydrogens (tertiary/aromatic N) is 1. The molecule has 0 unspecified atom stereocenters. The molecule has 0 radical (unpaired) electrons. The number of epoxide rings is 1. The first kappa shape index (κ1) is 57.2. The summed E-state index contributed by atoms with van der Waals surface area (Å²) in [6, 6.07) is 22.9. The molecule has 2 saturated carbocycles. The van der Waals surface area contributed by atoms with Gasteiger partial charge in [0.05, 0.1) is 29.6 Å². The van der Waals surface area contributed by atoms with Crippen LogP contribution in [0.15, 0.2) is 114 Å². The van der Waals surface area contributed by atoms with Gasteiger partial charge in [-0.15, -0.1) is 5.06 Å². The monoisotopic (exact) mass is 1130 g/mol. The fourth-order valence-corrected chi connectivity index (χ4v) is 13.1. The predicted molar refractivity (Wildman–Crippen MR) is 282 cm³/mol. The fraction of sp³-hybridized carbons (Fsp3) is 0.475. The number of nitrogens with one attached hydrogen (secondary N) is 1. The van der Waals surface area contributed by atoms with E-state index in [0.717, 1.165) is 6.92 Å². The molecule has 3 aromatic carbocycles. The van der Waals surface area contributed by atoms with Crippen LogP contribution in [0.25, 0.3) is 0 Å². The minimum Gasteiger partial charge on any atom is -0.458 e. The molecule has 21 heteroatoms. The van der Waals surface area contributed by atoms with Gasteiger partial charge in [-0.1, -0.05) is 86.7 Å². The molecule has 1 spiro atoms. The molecule has 3 aliphatic heterocycles. The highest BCUT2D eigenvalue weighted by molar-refractivity contribution is 6.02. The van der Waals surface area contributed by atoms with E-state index in [9.17, 15) is 38.4 Å². The van der Waals surface area contributed by atoms with Crippen LogP contribution in [0.5, 0.6) is 0 Å². The average Bonchev–Trinajstić information content (AvgIpc) is 1.47. The quantitative estimate of drug-likeness (QED) is 0.0580. The van der Waals surface area contributed by atoms with Gasteiger partial charge in [0, 0.05) is 44.6 Å². The lowest BCUT2D eigenvalue weighted by molar-refractivity contribution is -0.302. The molecule has 1 N–H and O–H groups in total. The van der Waals surface area contributed by atoms with Crippen LogP contribution in [-0.2, 0) is 76.3 Å². The first-order chi connectivity index (χ1) is 39.1. The lowest BCUT2D eigenvalue weighted by Crippen LogP contribution is -2.77. The van der Waals surface area contributed by atoms with E-state index in [1.807, 2.05) is 0 Å². The zero-order valence-electron chi connectivity index (χ0n) is 46.2. The number of ketones is 1. The van der Waals surface area contributed by atoms with E-state index in [2.05, 4.69) is 5.32 Å². The van der Waals surface area contributed by atoms with Crippen molar-refractivity contribution in [1.82, 2.24) is 10.4 Å². The number of hydroxylamine groups is 2. The number of amides is 3. The Hall–Kier alpha value is -8.04. The van der Waals surface area contributed by atoms with Gasteiger partial charge in [0.1, 0.15) is 30.5 Å². The molecule has 82 heavy (non-hydrogen) atoms. The summed E-state index contributed by atoms with van der Waals surface area (Å²) in [7, 11) is 0. The van der Waals surface area contributed by atoms with Crippen molar-refractivity contribution in [3.05, 3.63) is 131 Å². The number of ether oxygens (including phenoxy) is 8. The molecule has 5 fully saturated rings. The summed E-state index contributed by atoms with van der Waals surface area (Å²) in [5, 5.41) is 3.34. The number of rotatable bonds is 14. The second kappa shape index (κ2) is 22.4. The van der Waals surface area contributed by atoms with E-state index in [1.54, 1.807) is 131 Å². The van der Waals surface area contributed by atoms with Crippen LogP contribution in [-0.4, -0.2) is 125 Å². The molecule has 2 bridgehead atoms. The first-order valence-corrected chi connectivity index (χ1v) is 27.5. The van der Waals surface area contributed by atoms with Gasteiger partial charge in [-0.2, -0.15) is 0 Å². The van der Waals surface area contributed by atoms with Crippen molar-refractivity contribution in [2.75, 3.05) is 6.61 Å². The molecule has 3 saturated heterocycles. The van der Waals surface area contributed by atoms with Gasteiger partial charge >= 0.3 is 36.0 Å². The molecular formula is C61H64N2O19. The number of esters is 4. The molecule has 4 aliphatic carbocycles. The average molecular weight is 1130 g/mol. The second-order valence-electron chi connectivity index (χ2n) is 22.8. The summed E-state index contributed by atoms with van der Waals surface area (Å²) in [5.74, 6) is -9.21. The van der Waals surface area contributed by atoms with Crippen LogP contribution in [0.3, 0.4) is 0 Å². The highest BCUT2D eigenvalue weighted by atomic mass is 16.7. The molecule has 3 aromatic rings. The number of benzene rings is 3. The maximum atomic E-state index is 15.7. The topological polar surface area (TPSA) is 272 Å². The van der Waals surface area contributed by atoms with Gasteiger partial charge in [0.25, 0.3) is 17.7 Å². The highest BCUT2D eigenvalue weighted by Crippen LogP contribution is 2.67. The third-order valence-corrected chi connectivity index (χ3v) is 17.3. The minimum atomic E-state index is -2.03. The Morgan fingerprint density at radius 1 is 0.744 bits per heavy atom. The number of hydrogen-bond acceptors (Lipinski definition) is 19. The lowest BCUT2D eigenvalue weighted by Gasteiger charge is -2.60. The number of fused-ring (bicyclic) bond motifs is 4. The van der Waals surface area contributed by atoms with Gasteiger partial charge in [0.15, 0.2) is 17.3 Å². The van der Waals surface area contributed by atoms with Crippen LogP contribution in [0.4, 0.5) is 4.79 Å². The Bertz CT molecular complexity index is 3130. The molecule has 432 valence electrons. The largest absolute Gasteiger partial charge is 0.509 e. The number of carbonyl (C=O) groups is 10. The Morgan fingerprint density at radius 2 is 1.39 bits per heavy atom. The zero-order valence-corrected chi connectivity index (χ0v) is 46.2. The Balaban J connectivity index is 1.02. The number of carbonyl (C=O) groups excluding carboxylic acids is 10. The van der Waals surface area contributed by atoms with E-state index in [4.69, 9.17) is 42.7 Å². The molecular weight excluding hydrogens is 1060 g/mol. The molecule has 13 atom stereocenters. The van der Waals surface area contributed by atoms with Crippen LogP contribution in [0.1, 0.15) is 125 Å². The van der Waals surface area contributed by atoms with E-state index < -0.39 is 142 Å². The van der Waals surface area contributed by atoms with E-state index >= 15 is 9.59 Å². The van der Waals surface area contributed by atoms with Crippen LogP contribution in [0, 0.1) is 22.7 Å². The summed E-state index contributed by atoms with van der Waals surface area (Å²) < 4.78 is 49.9. The zero-order chi connectivity index (χ0) is 58.5. The first-order valence-electron chi connectivity index (χ1n) is 27.5. The number of allylic oxidation sites excluding steroid dienone is 1. The summed E-state index contributed by atoms with van der Waals surface area (Å²) in [4.78, 5) is 144. The third-order valence-electron chi connectivity index (χ3n) is 17.3. The van der Waals surface area contributed by atoms with Crippen LogP contribution >= 0.6 is 0 Å². The Morgan fingerprint density at radius 3 is 2.01 bits per heavy atom. The van der Waals surface area contributed by atoms with Crippen molar-refractivity contribution in [3.8, 4) is 0 Å². The van der Waals surface area contributed by atoms with Crippen molar-refractivity contribution in [1.29, 1.82) is 0 Å². The summed E-state index contributed by atoms with van der Waals surface area (Å²) in [6.07, 6.45) is -6.77. The van der Waals surface area contributed by atoms with Crippen molar-refractivity contribution in [2.24, 2.45) is 22.7 Å². The predicted octanol–water partition coefficient (Wildman–Crippen LogP) is 6.66.